The maximum Gasteiger partial charge on any atom is 0.352 e. The molecule has 1 aromatic heterocycles. The van der Waals surface area contributed by atoms with Crippen molar-refractivity contribution in [3.63, 3.8) is 0 Å². The summed E-state index contributed by atoms with van der Waals surface area (Å²) in [5.74, 6) is 1.15. The standard InChI is InChI=1S/C17H18N4O3/c18-8-13-3-1-12(2-4-13)5-6-24-15-7-16-20(17(22)19-15)9-14-10-23-11-21(14)16/h1-3,7,13-14H,4-6,9-11H2. The first-order valence-corrected chi connectivity index (χ1v) is 8.10. The normalized spacial score (nSPS) is 24.3. The summed E-state index contributed by atoms with van der Waals surface area (Å²) in [6, 6.07) is 4.27. The largest absolute Gasteiger partial charge is 0.477 e. The summed E-state index contributed by atoms with van der Waals surface area (Å²) >= 11 is 0. The predicted octanol–water partition coefficient (Wildman–Crippen LogP) is 1.21. The average molecular weight is 326 g/mol. The maximum atomic E-state index is 12.1. The van der Waals surface area contributed by atoms with Crippen LogP contribution in [0.1, 0.15) is 12.8 Å². The second-order valence-corrected chi connectivity index (χ2v) is 6.18. The Hall–Kier alpha value is -2.59. The first-order chi connectivity index (χ1) is 11.7. The molecule has 0 N–H and O–H groups in total. The fourth-order valence-electron chi connectivity index (χ4n) is 3.27. The molecule has 0 bridgehead atoms. The summed E-state index contributed by atoms with van der Waals surface area (Å²) in [6.45, 7) is 2.22. The number of hydrogen-bond acceptors (Lipinski definition) is 6. The van der Waals surface area contributed by atoms with Gasteiger partial charge in [-0.15, -0.1) is 0 Å². The SMILES string of the molecule is N#CC1C=CC(CCOc2cc3n(c(=O)n2)CC2COCN32)=CC1. The van der Waals surface area contributed by atoms with Gasteiger partial charge in [-0.05, 0) is 12.0 Å². The molecule has 0 aromatic carbocycles. The molecule has 7 nitrogen and oxygen atoms in total. The van der Waals surface area contributed by atoms with Gasteiger partial charge in [0.15, 0.2) is 0 Å². The van der Waals surface area contributed by atoms with Crippen molar-refractivity contribution in [3.05, 3.63) is 40.4 Å². The van der Waals surface area contributed by atoms with Crippen LogP contribution in [0.3, 0.4) is 0 Å². The van der Waals surface area contributed by atoms with E-state index in [-0.39, 0.29) is 17.6 Å². The molecule has 4 rings (SSSR count). The van der Waals surface area contributed by atoms with Crippen LogP contribution >= 0.6 is 0 Å². The van der Waals surface area contributed by atoms with Crippen LogP contribution in [0.4, 0.5) is 5.82 Å². The van der Waals surface area contributed by atoms with Crippen molar-refractivity contribution in [2.75, 3.05) is 24.8 Å². The minimum Gasteiger partial charge on any atom is -0.477 e. The molecule has 3 aliphatic rings. The van der Waals surface area contributed by atoms with E-state index in [1.54, 1.807) is 4.57 Å². The van der Waals surface area contributed by atoms with Gasteiger partial charge in [-0.2, -0.15) is 10.2 Å². The number of fused-ring (bicyclic) bond motifs is 3. The number of allylic oxidation sites excluding steroid dienone is 3. The summed E-state index contributed by atoms with van der Waals surface area (Å²) in [5, 5.41) is 8.86. The Morgan fingerprint density at radius 2 is 2.42 bits per heavy atom. The van der Waals surface area contributed by atoms with E-state index in [0.29, 0.717) is 32.4 Å². The minimum absolute atomic E-state index is 0.0243. The Labute approximate surface area is 139 Å². The van der Waals surface area contributed by atoms with Crippen LogP contribution in [0, 0.1) is 17.2 Å². The molecule has 3 heterocycles. The van der Waals surface area contributed by atoms with Gasteiger partial charge < -0.3 is 14.4 Å². The lowest BCUT2D eigenvalue weighted by atomic mass is 9.97. The van der Waals surface area contributed by atoms with Gasteiger partial charge in [-0.25, -0.2) is 4.79 Å². The molecule has 1 saturated heterocycles. The van der Waals surface area contributed by atoms with Crippen LogP contribution in [0.2, 0.25) is 0 Å². The topological polar surface area (TPSA) is 80.4 Å². The number of aromatic nitrogens is 2. The summed E-state index contributed by atoms with van der Waals surface area (Å²) in [6.07, 6.45) is 7.43. The number of hydrogen-bond donors (Lipinski definition) is 0. The molecule has 1 aliphatic carbocycles. The van der Waals surface area contributed by atoms with Crippen LogP contribution in [0.25, 0.3) is 0 Å². The highest BCUT2D eigenvalue weighted by molar-refractivity contribution is 5.47. The van der Waals surface area contributed by atoms with E-state index in [2.05, 4.69) is 22.0 Å². The third-order valence-corrected chi connectivity index (χ3v) is 4.62. The van der Waals surface area contributed by atoms with Gasteiger partial charge in [0.2, 0.25) is 5.88 Å². The van der Waals surface area contributed by atoms with E-state index < -0.39 is 0 Å². The Kier molecular flexibility index (Phi) is 3.82. The molecule has 124 valence electrons. The molecular formula is C17H18N4O3. The average Bonchev–Trinajstić information content (AvgIpc) is 3.18. The highest BCUT2D eigenvalue weighted by Gasteiger charge is 2.35. The summed E-state index contributed by atoms with van der Waals surface area (Å²) in [7, 11) is 0. The second kappa shape index (κ2) is 6.13. The summed E-state index contributed by atoms with van der Waals surface area (Å²) in [5.41, 5.74) is 0.873. The molecule has 2 aliphatic heterocycles. The fraction of sp³-hybridized carbons (Fsp3) is 0.471. The lowest BCUT2D eigenvalue weighted by Gasteiger charge is -2.15. The van der Waals surface area contributed by atoms with E-state index in [4.69, 9.17) is 14.7 Å². The van der Waals surface area contributed by atoms with Crippen molar-refractivity contribution in [3.8, 4) is 11.9 Å². The van der Waals surface area contributed by atoms with Crippen molar-refractivity contribution >= 4 is 5.82 Å². The van der Waals surface area contributed by atoms with Crippen molar-refractivity contribution < 1.29 is 9.47 Å². The first kappa shape index (κ1) is 15.0. The predicted molar refractivity (Wildman–Crippen MR) is 86.6 cm³/mol. The van der Waals surface area contributed by atoms with Gasteiger partial charge in [0.1, 0.15) is 12.5 Å². The number of nitrogens with zero attached hydrogens (tertiary/aromatic N) is 4. The highest BCUT2D eigenvalue weighted by atomic mass is 16.5. The third-order valence-electron chi connectivity index (χ3n) is 4.62. The maximum absolute atomic E-state index is 12.1. The van der Waals surface area contributed by atoms with Crippen LogP contribution in [0.5, 0.6) is 5.88 Å². The molecule has 1 aromatic rings. The van der Waals surface area contributed by atoms with Gasteiger partial charge in [0, 0.05) is 12.5 Å². The molecule has 7 heteroatoms. The first-order valence-electron chi connectivity index (χ1n) is 8.10. The van der Waals surface area contributed by atoms with E-state index in [9.17, 15) is 4.79 Å². The zero-order chi connectivity index (χ0) is 16.5. The molecule has 0 amide bonds. The van der Waals surface area contributed by atoms with Gasteiger partial charge in [-0.3, -0.25) is 4.57 Å². The monoisotopic (exact) mass is 326 g/mol. The van der Waals surface area contributed by atoms with E-state index in [0.717, 1.165) is 24.2 Å². The van der Waals surface area contributed by atoms with Crippen LogP contribution in [-0.2, 0) is 11.3 Å². The van der Waals surface area contributed by atoms with Gasteiger partial charge in [0.05, 0.1) is 37.8 Å². The molecular weight excluding hydrogens is 308 g/mol. The Balaban J connectivity index is 1.40. The van der Waals surface area contributed by atoms with Crippen molar-refractivity contribution in [2.24, 2.45) is 5.92 Å². The molecule has 2 unspecified atom stereocenters. The van der Waals surface area contributed by atoms with E-state index in [1.165, 1.54) is 0 Å². The van der Waals surface area contributed by atoms with Crippen molar-refractivity contribution in [1.82, 2.24) is 9.55 Å². The minimum atomic E-state index is -0.273. The van der Waals surface area contributed by atoms with Crippen LogP contribution in [0.15, 0.2) is 34.7 Å². The lowest BCUT2D eigenvalue weighted by molar-refractivity contribution is 0.189. The van der Waals surface area contributed by atoms with E-state index in [1.807, 2.05) is 18.2 Å². The smallest absolute Gasteiger partial charge is 0.352 e. The highest BCUT2D eigenvalue weighted by Crippen LogP contribution is 2.29. The fourth-order valence-corrected chi connectivity index (χ4v) is 3.27. The van der Waals surface area contributed by atoms with Gasteiger partial charge >= 0.3 is 5.69 Å². The molecule has 0 saturated carbocycles. The molecule has 1 fully saturated rings. The van der Waals surface area contributed by atoms with E-state index >= 15 is 0 Å². The Bertz CT molecular complexity index is 805. The number of rotatable bonds is 4. The Morgan fingerprint density at radius 1 is 1.50 bits per heavy atom. The zero-order valence-corrected chi connectivity index (χ0v) is 13.2. The van der Waals surface area contributed by atoms with Crippen molar-refractivity contribution in [2.45, 2.75) is 25.4 Å². The van der Waals surface area contributed by atoms with Gasteiger partial charge in [0.25, 0.3) is 0 Å². The number of nitriles is 1. The third kappa shape index (κ3) is 2.69. The molecule has 2 atom stereocenters. The summed E-state index contributed by atoms with van der Waals surface area (Å²) in [4.78, 5) is 18.2. The van der Waals surface area contributed by atoms with Gasteiger partial charge in [-0.1, -0.05) is 18.2 Å². The molecule has 0 radical (unpaired) electrons. The quantitative estimate of drug-likeness (QED) is 0.827. The van der Waals surface area contributed by atoms with Crippen molar-refractivity contribution in [1.29, 1.82) is 5.26 Å². The lowest BCUT2D eigenvalue weighted by Crippen LogP contribution is -2.26. The zero-order valence-electron chi connectivity index (χ0n) is 13.2. The van der Waals surface area contributed by atoms with Crippen LogP contribution < -0.4 is 15.3 Å². The van der Waals surface area contributed by atoms with Crippen LogP contribution in [-0.4, -0.2) is 35.5 Å². The molecule has 24 heavy (non-hydrogen) atoms. The number of ether oxygens (including phenoxy) is 2. The second-order valence-electron chi connectivity index (χ2n) is 6.18. The number of anilines is 1. The Morgan fingerprint density at radius 3 is 3.21 bits per heavy atom. The molecule has 0 spiro atoms. The summed E-state index contributed by atoms with van der Waals surface area (Å²) < 4.78 is 12.8.